The third-order valence-electron chi connectivity index (χ3n) is 5.43. The van der Waals surface area contributed by atoms with Crippen LogP contribution in [0, 0.1) is 0 Å². The lowest BCUT2D eigenvalue weighted by atomic mass is 9.79. The average molecular weight is 369 g/mol. The van der Waals surface area contributed by atoms with Crippen molar-refractivity contribution >= 4 is 8.32 Å². The first-order chi connectivity index (χ1) is 12.5. The summed E-state index contributed by atoms with van der Waals surface area (Å²) in [6.07, 6.45) is 2.22. The summed E-state index contributed by atoms with van der Waals surface area (Å²) in [4.78, 5) is 0. The minimum Gasteiger partial charge on any atom is -0.416 e. The van der Waals surface area contributed by atoms with Gasteiger partial charge in [0.25, 0.3) is 0 Å². The predicted molar refractivity (Wildman–Crippen MR) is 112 cm³/mol. The Morgan fingerprint density at radius 3 is 1.92 bits per heavy atom. The molecule has 0 spiro atoms. The molecule has 0 aliphatic heterocycles. The first kappa shape index (κ1) is 19.3. The second-order valence-corrected chi connectivity index (χ2v) is 12.3. The van der Waals surface area contributed by atoms with Gasteiger partial charge in [-0.1, -0.05) is 68.8 Å². The van der Waals surface area contributed by atoms with Crippen LogP contribution in [0.25, 0.3) is 11.1 Å². The van der Waals surface area contributed by atoms with Gasteiger partial charge in [-0.15, -0.1) is 0 Å². The third kappa shape index (κ3) is 3.66. The Labute approximate surface area is 159 Å². The van der Waals surface area contributed by atoms with Crippen molar-refractivity contribution in [3.8, 4) is 11.1 Å². The summed E-state index contributed by atoms with van der Waals surface area (Å²) >= 11 is 0. The normalized spacial score (nSPS) is 14.9. The Hall–Kier alpha value is -1.42. The van der Waals surface area contributed by atoms with Crippen molar-refractivity contribution < 1.29 is 9.16 Å². The van der Waals surface area contributed by atoms with Crippen molar-refractivity contribution in [1.82, 2.24) is 0 Å². The average Bonchev–Trinajstić information content (AvgIpc) is 2.92. The minimum absolute atomic E-state index is 0.194. The molecule has 2 aromatic carbocycles. The largest absolute Gasteiger partial charge is 0.416 e. The van der Waals surface area contributed by atoms with Gasteiger partial charge in [-0.25, -0.2) is 0 Å². The minimum atomic E-state index is -1.66. The van der Waals surface area contributed by atoms with E-state index in [4.69, 9.17) is 9.16 Å². The highest BCUT2D eigenvalue weighted by molar-refractivity contribution is 6.71. The fraction of sp³-hybridized carbons (Fsp3) is 0.478. The van der Waals surface area contributed by atoms with Gasteiger partial charge >= 0.3 is 0 Å². The molecule has 0 N–H and O–H groups in total. The van der Waals surface area contributed by atoms with Crippen LogP contribution >= 0.6 is 0 Å². The first-order valence-electron chi connectivity index (χ1n) is 9.95. The van der Waals surface area contributed by atoms with Crippen molar-refractivity contribution in [3.63, 3.8) is 0 Å². The topological polar surface area (TPSA) is 18.5 Å². The quantitative estimate of drug-likeness (QED) is 0.398. The predicted octanol–water partition coefficient (Wildman–Crippen LogP) is 6.01. The molecule has 0 bridgehead atoms. The van der Waals surface area contributed by atoms with Gasteiger partial charge < -0.3 is 9.16 Å². The zero-order chi connectivity index (χ0) is 18.6. The Bertz CT molecular complexity index is 693. The lowest BCUT2D eigenvalue weighted by molar-refractivity contribution is 0.0740. The number of rotatable bonds is 9. The van der Waals surface area contributed by atoms with Gasteiger partial charge in [0.1, 0.15) is 0 Å². The van der Waals surface area contributed by atoms with Crippen LogP contribution in [0.15, 0.2) is 48.5 Å². The molecular formula is C23H32O2Si. The Morgan fingerprint density at radius 2 is 1.38 bits per heavy atom. The van der Waals surface area contributed by atoms with Crippen molar-refractivity contribution in [1.29, 1.82) is 0 Å². The SMILES string of the molecule is CCCOCC1(CO[Si](C)(C)CCC)c2ccccc2-c2ccccc21. The van der Waals surface area contributed by atoms with Crippen LogP contribution in [-0.4, -0.2) is 28.1 Å². The molecule has 0 saturated heterocycles. The Balaban J connectivity index is 2.02. The summed E-state index contributed by atoms with van der Waals surface area (Å²) in [6.45, 7) is 11.3. The van der Waals surface area contributed by atoms with Gasteiger partial charge in [0.2, 0.25) is 0 Å². The standard InChI is InChI=1S/C23H32O2Si/c1-5-15-24-17-23(18-25-26(3,4)16-6-2)21-13-9-7-11-19(21)20-12-8-10-14-22(20)23/h7-14H,5-6,15-18H2,1-4H3. The molecule has 0 saturated carbocycles. The first-order valence-corrected chi connectivity index (χ1v) is 13.1. The van der Waals surface area contributed by atoms with Crippen molar-refractivity contribution in [2.45, 2.75) is 51.2 Å². The zero-order valence-electron chi connectivity index (χ0n) is 16.7. The summed E-state index contributed by atoms with van der Waals surface area (Å²) in [5.41, 5.74) is 5.20. The summed E-state index contributed by atoms with van der Waals surface area (Å²) < 4.78 is 12.8. The van der Waals surface area contributed by atoms with Crippen molar-refractivity contribution in [2.75, 3.05) is 19.8 Å². The van der Waals surface area contributed by atoms with Crippen LogP contribution < -0.4 is 0 Å². The number of ether oxygens (including phenoxy) is 1. The fourth-order valence-electron chi connectivity index (χ4n) is 4.15. The van der Waals surface area contributed by atoms with Crippen LogP contribution in [0.3, 0.4) is 0 Å². The molecule has 0 amide bonds. The second-order valence-electron chi connectivity index (χ2n) is 8.02. The molecule has 0 heterocycles. The molecular weight excluding hydrogens is 336 g/mol. The van der Waals surface area contributed by atoms with E-state index in [0.29, 0.717) is 13.2 Å². The molecule has 3 heteroatoms. The fourth-order valence-corrected chi connectivity index (χ4v) is 6.14. The molecule has 0 unspecified atom stereocenters. The lowest BCUT2D eigenvalue weighted by Crippen LogP contribution is -2.42. The summed E-state index contributed by atoms with van der Waals surface area (Å²) in [7, 11) is -1.66. The van der Waals surface area contributed by atoms with E-state index in [0.717, 1.165) is 13.0 Å². The van der Waals surface area contributed by atoms with E-state index >= 15 is 0 Å². The van der Waals surface area contributed by atoms with Crippen LogP contribution in [0.1, 0.15) is 37.8 Å². The van der Waals surface area contributed by atoms with Gasteiger partial charge in [-0.3, -0.25) is 0 Å². The van der Waals surface area contributed by atoms with Crippen LogP contribution in [0.5, 0.6) is 0 Å². The van der Waals surface area contributed by atoms with Gasteiger partial charge in [0.15, 0.2) is 8.32 Å². The lowest BCUT2D eigenvalue weighted by Gasteiger charge is -2.35. The van der Waals surface area contributed by atoms with E-state index in [-0.39, 0.29) is 5.41 Å². The summed E-state index contributed by atoms with van der Waals surface area (Å²) in [5.74, 6) is 0. The number of benzene rings is 2. The Morgan fingerprint density at radius 1 is 0.808 bits per heavy atom. The van der Waals surface area contributed by atoms with Gasteiger partial charge in [-0.2, -0.15) is 0 Å². The van der Waals surface area contributed by atoms with E-state index in [1.807, 2.05) is 0 Å². The highest BCUT2D eigenvalue weighted by Crippen LogP contribution is 2.49. The molecule has 2 aromatic rings. The molecule has 0 aromatic heterocycles. The number of hydrogen-bond acceptors (Lipinski definition) is 2. The molecule has 26 heavy (non-hydrogen) atoms. The molecule has 2 nitrogen and oxygen atoms in total. The summed E-state index contributed by atoms with van der Waals surface area (Å²) in [5, 5.41) is 0. The number of fused-ring (bicyclic) bond motifs is 3. The van der Waals surface area contributed by atoms with Crippen LogP contribution in [0.2, 0.25) is 19.1 Å². The van der Waals surface area contributed by atoms with Gasteiger partial charge in [-0.05, 0) is 47.8 Å². The van der Waals surface area contributed by atoms with Crippen molar-refractivity contribution in [2.24, 2.45) is 0 Å². The Kier molecular flexibility index (Phi) is 6.01. The summed E-state index contributed by atoms with van der Waals surface area (Å²) in [6, 6.07) is 18.8. The zero-order valence-corrected chi connectivity index (χ0v) is 17.7. The highest BCUT2D eigenvalue weighted by atomic mass is 28.4. The molecule has 1 aliphatic rings. The van der Waals surface area contributed by atoms with E-state index in [2.05, 4.69) is 75.5 Å². The van der Waals surface area contributed by atoms with E-state index in [9.17, 15) is 0 Å². The molecule has 0 fully saturated rings. The monoisotopic (exact) mass is 368 g/mol. The second kappa shape index (κ2) is 8.08. The maximum atomic E-state index is 6.66. The molecule has 0 atom stereocenters. The van der Waals surface area contributed by atoms with E-state index < -0.39 is 8.32 Å². The molecule has 3 rings (SSSR count). The third-order valence-corrected chi connectivity index (χ3v) is 8.06. The highest BCUT2D eigenvalue weighted by Gasteiger charge is 2.44. The van der Waals surface area contributed by atoms with E-state index in [1.165, 1.54) is 34.7 Å². The van der Waals surface area contributed by atoms with Crippen LogP contribution in [-0.2, 0) is 14.6 Å². The number of hydrogen-bond donors (Lipinski definition) is 0. The maximum Gasteiger partial charge on any atom is 0.186 e. The van der Waals surface area contributed by atoms with Crippen LogP contribution in [0.4, 0.5) is 0 Å². The molecule has 0 radical (unpaired) electrons. The van der Waals surface area contributed by atoms with E-state index in [1.54, 1.807) is 0 Å². The maximum absolute atomic E-state index is 6.66. The molecule has 1 aliphatic carbocycles. The smallest absolute Gasteiger partial charge is 0.186 e. The molecule has 140 valence electrons. The van der Waals surface area contributed by atoms with Crippen molar-refractivity contribution in [3.05, 3.63) is 59.7 Å². The van der Waals surface area contributed by atoms with Gasteiger partial charge in [0.05, 0.1) is 12.0 Å². The van der Waals surface area contributed by atoms with Gasteiger partial charge in [0, 0.05) is 13.2 Å².